The molecule has 2 N–H and O–H groups in total. The fourth-order valence-corrected chi connectivity index (χ4v) is 1.43. The van der Waals surface area contributed by atoms with Crippen LogP contribution in [0.15, 0.2) is 18.9 Å². The third kappa shape index (κ3) is 2.04. The summed E-state index contributed by atoms with van der Waals surface area (Å²) in [6.45, 7) is 0. The Morgan fingerprint density at radius 1 is 1.40 bits per heavy atom. The Kier molecular flexibility index (Phi) is 2.51. The van der Waals surface area contributed by atoms with Crippen LogP contribution in [-0.4, -0.2) is 24.3 Å². The predicted octanol–water partition coefficient (Wildman–Crippen LogP) is -0.209. The molecule has 0 aliphatic carbocycles. The lowest BCUT2D eigenvalue weighted by atomic mass is 10.1. The maximum atomic E-state index is 6.01. The Hall–Kier alpha value is -1.69. The van der Waals surface area contributed by atoms with Crippen LogP contribution in [0.4, 0.5) is 0 Å². The van der Waals surface area contributed by atoms with Crippen LogP contribution in [-0.2, 0) is 20.5 Å². The number of nitrogens with two attached hydrogens (primary N) is 1. The van der Waals surface area contributed by atoms with Gasteiger partial charge in [0, 0.05) is 26.7 Å². The van der Waals surface area contributed by atoms with Crippen molar-refractivity contribution in [2.45, 2.75) is 12.5 Å². The standard InChI is InChI=1S/C9H14N6/c1-14-4-8(12-6-14)7(10)3-9-11-5-13-15(9)2/h4-7H,3,10H2,1-2H3. The lowest BCUT2D eigenvalue weighted by Gasteiger charge is -2.07. The number of aryl methyl sites for hydroxylation is 2. The minimum absolute atomic E-state index is 0.130. The van der Waals surface area contributed by atoms with E-state index < -0.39 is 0 Å². The highest BCUT2D eigenvalue weighted by Gasteiger charge is 2.12. The van der Waals surface area contributed by atoms with E-state index in [4.69, 9.17) is 5.73 Å². The van der Waals surface area contributed by atoms with E-state index in [2.05, 4.69) is 15.1 Å². The Labute approximate surface area is 87.8 Å². The average molecular weight is 206 g/mol. The van der Waals surface area contributed by atoms with E-state index in [1.54, 1.807) is 11.0 Å². The molecule has 0 spiro atoms. The molecular formula is C9H14N6. The van der Waals surface area contributed by atoms with E-state index in [9.17, 15) is 0 Å². The van der Waals surface area contributed by atoms with Gasteiger partial charge in [0.2, 0.25) is 0 Å². The fraction of sp³-hybridized carbons (Fsp3) is 0.444. The van der Waals surface area contributed by atoms with Crippen molar-refractivity contribution in [2.24, 2.45) is 19.8 Å². The van der Waals surface area contributed by atoms with Crippen molar-refractivity contribution < 1.29 is 0 Å². The van der Waals surface area contributed by atoms with Gasteiger partial charge in [-0.3, -0.25) is 4.68 Å². The summed E-state index contributed by atoms with van der Waals surface area (Å²) in [5.41, 5.74) is 6.89. The van der Waals surface area contributed by atoms with Crippen molar-refractivity contribution in [1.29, 1.82) is 0 Å². The number of hydrogen-bond acceptors (Lipinski definition) is 4. The molecule has 0 amide bonds. The van der Waals surface area contributed by atoms with Crippen LogP contribution in [0.3, 0.4) is 0 Å². The zero-order chi connectivity index (χ0) is 10.8. The minimum atomic E-state index is -0.130. The second-order valence-corrected chi connectivity index (χ2v) is 3.57. The number of rotatable bonds is 3. The largest absolute Gasteiger partial charge is 0.340 e. The summed E-state index contributed by atoms with van der Waals surface area (Å²) in [4.78, 5) is 8.33. The number of imidazole rings is 1. The summed E-state index contributed by atoms with van der Waals surface area (Å²) in [5, 5.41) is 3.99. The van der Waals surface area contributed by atoms with Gasteiger partial charge in [0.05, 0.1) is 18.1 Å². The SMILES string of the molecule is Cn1cnc(C(N)Cc2ncnn2C)c1. The van der Waals surface area contributed by atoms with Crippen LogP contribution in [0.25, 0.3) is 0 Å². The molecule has 0 saturated carbocycles. The highest BCUT2D eigenvalue weighted by Crippen LogP contribution is 2.11. The van der Waals surface area contributed by atoms with Crippen molar-refractivity contribution in [3.63, 3.8) is 0 Å². The molecule has 15 heavy (non-hydrogen) atoms. The number of nitrogens with zero attached hydrogens (tertiary/aromatic N) is 5. The normalized spacial score (nSPS) is 13.0. The monoisotopic (exact) mass is 206 g/mol. The van der Waals surface area contributed by atoms with E-state index >= 15 is 0 Å². The lowest BCUT2D eigenvalue weighted by Crippen LogP contribution is -2.16. The molecule has 0 aliphatic heterocycles. The molecule has 0 fully saturated rings. The molecular weight excluding hydrogens is 192 g/mol. The maximum absolute atomic E-state index is 6.01. The summed E-state index contributed by atoms with van der Waals surface area (Å²) in [6, 6.07) is -0.130. The molecule has 0 aliphatic rings. The first kappa shape index (κ1) is 9.85. The van der Waals surface area contributed by atoms with Gasteiger partial charge >= 0.3 is 0 Å². The molecule has 2 aromatic rings. The molecule has 0 bridgehead atoms. The zero-order valence-corrected chi connectivity index (χ0v) is 8.83. The molecule has 80 valence electrons. The summed E-state index contributed by atoms with van der Waals surface area (Å²) in [5.74, 6) is 0.869. The molecule has 1 unspecified atom stereocenters. The minimum Gasteiger partial charge on any atom is -0.340 e. The highest BCUT2D eigenvalue weighted by molar-refractivity contribution is 5.05. The second kappa shape index (κ2) is 3.82. The Balaban J connectivity index is 2.10. The fourth-order valence-electron chi connectivity index (χ4n) is 1.43. The van der Waals surface area contributed by atoms with Gasteiger partial charge in [-0.25, -0.2) is 9.97 Å². The Morgan fingerprint density at radius 2 is 2.20 bits per heavy atom. The van der Waals surface area contributed by atoms with Crippen LogP contribution >= 0.6 is 0 Å². The molecule has 6 nitrogen and oxygen atoms in total. The smallest absolute Gasteiger partial charge is 0.138 e. The maximum Gasteiger partial charge on any atom is 0.138 e. The van der Waals surface area contributed by atoms with Gasteiger partial charge in [-0.15, -0.1) is 0 Å². The van der Waals surface area contributed by atoms with Crippen LogP contribution in [0.2, 0.25) is 0 Å². The van der Waals surface area contributed by atoms with Crippen LogP contribution in [0.5, 0.6) is 0 Å². The van der Waals surface area contributed by atoms with E-state index in [1.165, 1.54) is 6.33 Å². The second-order valence-electron chi connectivity index (χ2n) is 3.57. The third-order valence-corrected chi connectivity index (χ3v) is 2.31. The lowest BCUT2D eigenvalue weighted by molar-refractivity contribution is 0.620. The van der Waals surface area contributed by atoms with Crippen LogP contribution < -0.4 is 5.73 Å². The summed E-state index contributed by atoms with van der Waals surface area (Å²) >= 11 is 0. The first-order chi connectivity index (χ1) is 7.16. The van der Waals surface area contributed by atoms with E-state index in [0.717, 1.165) is 11.5 Å². The quantitative estimate of drug-likeness (QED) is 0.754. The zero-order valence-electron chi connectivity index (χ0n) is 8.83. The molecule has 2 rings (SSSR count). The number of hydrogen-bond donors (Lipinski definition) is 1. The molecule has 2 heterocycles. The van der Waals surface area contributed by atoms with Crippen molar-refractivity contribution in [3.8, 4) is 0 Å². The van der Waals surface area contributed by atoms with E-state index in [-0.39, 0.29) is 6.04 Å². The van der Waals surface area contributed by atoms with Crippen molar-refractivity contribution >= 4 is 0 Å². The number of aromatic nitrogens is 5. The van der Waals surface area contributed by atoms with Gasteiger partial charge in [-0.2, -0.15) is 5.10 Å². The van der Waals surface area contributed by atoms with E-state index in [1.807, 2.05) is 24.9 Å². The molecule has 0 aromatic carbocycles. The van der Waals surface area contributed by atoms with Gasteiger partial charge in [0.1, 0.15) is 12.2 Å². The summed E-state index contributed by atoms with van der Waals surface area (Å²) in [6.07, 6.45) is 5.83. The van der Waals surface area contributed by atoms with Crippen molar-refractivity contribution in [2.75, 3.05) is 0 Å². The van der Waals surface area contributed by atoms with Crippen molar-refractivity contribution in [1.82, 2.24) is 24.3 Å². The molecule has 2 aromatic heterocycles. The molecule has 6 heteroatoms. The third-order valence-electron chi connectivity index (χ3n) is 2.31. The predicted molar refractivity (Wildman–Crippen MR) is 54.8 cm³/mol. The first-order valence-electron chi connectivity index (χ1n) is 4.73. The van der Waals surface area contributed by atoms with Gasteiger partial charge in [-0.05, 0) is 0 Å². The van der Waals surface area contributed by atoms with Gasteiger partial charge < -0.3 is 10.3 Å². The highest BCUT2D eigenvalue weighted by atomic mass is 15.3. The van der Waals surface area contributed by atoms with Crippen LogP contribution in [0, 0.1) is 0 Å². The molecule has 1 atom stereocenters. The summed E-state index contributed by atoms with van der Waals surface area (Å²) < 4.78 is 3.61. The van der Waals surface area contributed by atoms with E-state index in [0.29, 0.717) is 6.42 Å². The molecule has 0 saturated heterocycles. The van der Waals surface area contributed by atoms with Crippen molar-refractivity contribution in [3.05, 3.63) is 30.4 Å². The van der Waals surface area contributed by atoms with Crippen LogP contribution in [0.1, 0.15) is 17.6 Å². The average Bonchev–Trinajstić information content (AvgIpc) is 2.77. The Bertz CT molecular complexity index is 443. The first-order valence-corrected chi connectivity index (χ1v) is 4.73. The topological polar surface area (TPSA) is 74.6 Å². The van der Waals surface area contributed by atoms with Gasteiger partial charge in [-0.1, -0.05) is 0 Å². The Morgan fingerprint density at radius 3 is 2.73 bits per heavy atom. The van der Waals surface area contributed by atoms with Gasteiger partial charge in [0.25, 0.3) is 0 Å². The van der Waals surface area contributed by atoms with Gasteiger partial charge in [0.15, 0.2) is 0 Å². The molecule has 0 radical (unpaired) electrons. The summed E-state index contributed by atoms with van der Waals surface area (Å²) in [7, 11) is 3.78.